The molecule has 0 unspecified atom stereocenters. The number of hydrogen-bond donors (Lipinski definition) is 0. The monoisotopic (exact) mass is 356 g/mol. The van der Waals surface area contributed by atoms with Crippen LogP contribution in [-0.2, 0) is 22.4 Å². The van der Waals surface area contributed by atoms with Gasteiger partial charge in [-0.2, -0.15) is 0 Å². The molecule has 2 aromatic carbocycles. The molecule has 0 N–H and O–H groups in total. The molecule has 0 aliphatic heterocycles. The molecule has 7 heteroatoms. The molecule has 25 heavy (non-hydrogen) atoms. The zero-order valence-corrected chi connectivity index (χ0v) is 18.3. The van der Waals surface area contributed by atoms with Crippen molar-refractivity contribution in [1.82, 2.24) is 0 Å². The van der Waals surface area contributed by atoms with Gasteiger partial charge < -0.3 is 24.2 Å². The fourth-order valence-corrected chi connectivity index (χ4v) is 2.68. The van der Waals surface area contributed by atoms with Crippen molar-refractivity contribution >= 4 is 33.9 Å². The standard InChI is InChI=1S/C18H16O5.2Na/c19-17(20)7-3-11-1-5-15-13(9-11)14-10-12(4-8-18(21)22)2-6-16(14)23-15;;/h1-2,5-6,9-10H,3-4,7-8H2,(H,19,20)(H,21,22);;/q;2*+1/p-2. The molecule has 0 saturated carbocycles. The normalized spacial score (nSPS) is 10.2. The topological polar surface area (TPSA) is 93.4 Å². The van der Waals surface area contributed by atoms with Crippen LogP contribution in [0, 0.1) is 0 Å². The van der Waals surface area contributed by atoms with Gasteiger partial charge in [0.15, 0.2) is 0 Å². The SMILES string of the molecule is O=C([O-])CCc1ccc2oc3ccc(CCC(=O)[O-])cc3c2c1.[Na+].[Na+]. The van der Waals surface area contributed by atoms with Crippen LogP contribution < -0.4 is 69.3 Å². The minimum absolute atomic E-state index is 0. The van der Waals surface area contributed by atoms with Gasteiger partial charge in [-0.25, -0.2) is 0 Å². The van der Waals surface area contributed by atoms with Gasteiger partial charge in [0.2, 0.25) is 0 Å². The first-order valence-corrected chi connectivity index (χ1v) is 7.37. The molecule has 0 aliphatic carbocycles. The van der Waals surface area contributed by atoms with Gasteiger partial charge in [0.1, 0.15) is 11.2 Å². The maximum atomic E-state index is 10.6. The van der Waals surface area contributed by atoms with Crippen LogP contribution in [0.3, 0.4) is 0 Å². The van der Waals surface area contributed by atoms with Crippen molar-refractivity contribution < 1.29 is 83.3 Å². The summed E-state index contributed by atoms with van der Waals surface area (Å²) in [6.45, 7) is 0. The number of aliphatic carboxylic acids is 2. The summed E-state index contributed by atoms with van der Waals surface area (Å²) in [5.74, 6) is -2.15. The van der Waals surface area contributed by atoms with E-state index in [1.54, 1.807) is 0 Å². The Morgan fingerprint density at radius 1 is 0.760 bits per heavy atom. The van der Waals surface area contributed by atoms with Crippen LogP contribution >= 0.6 is 0 Å². The molecule has 0 amide bonds. The van der Waals surface area contributed by atoms with E-state index in [4.69, 9.17) is 4.42 Å². The Labute approximate surface area is 189 Å². The molecule has 0 fully saturated rings. The molecule has 0 saturated heterocycles. The Morgan fingerprint density at radius 3 is 1.52 bits per heavy atom. The maximum absolute atomic E-state index is 10.6. The van der Waals surface area contributed by atoms with E-state index in [9.17, 15) is 19.8 Å². The first-order chi connectivity index (χ1) is 11.0. The number of furan rings is 1. The van der Waals surface area contributed by atoms with Gasteiger partial charge in [-0.15, -0.1) is 0 Å². The molecule has 0 aliphatic rings. The van der Waals surface area contributed by atoms with Gasteiger partial charge >= 0.3 is 59.1 Å². The Morgan fingerprint density at radius 2 is 1.16 bits per heavy atom. The van der Waals surface area contributed by atoms with Gasteiger partial charge in [-0.1, -0.05) is 12.1 Å². The third-order valence-corrected chi connectivity index (χ3v) is 3.83. The Bertz CT molecular complexity index is 829. The van der Waals surface area contributed by atoms with E-state index in [1.165, 1.54) is 0 Å². The van der Waals surface area contributed by atoms with Gasteiger partial charge in [0, 0.05) is 22.7 Å². The quantitative estimate of drug-likeness (QED) is 0.412. The summed E-state index contributed by atoms with van der Waals surface area (Å²) in [7, 11) is 0. The molecule has 3 aromatic rings. The van der Waals surface area contributed by atoms with Crippen molar-refractivity contribution in [3.8, 4) is 0 Å². The first kappa shape index (κ1) is 22.2. The zero-order chi connectivity index (χ0) is 16.4. The average Bonchev–Trinajstić information content (AvgIpc) is 2.88. The van der Waals surface area contributed by atoms with Crippen LogP contribution in [0.15, 0.2) is 40.8 Å². The first-order valence-electron chi connectivity index (χ1n) is 7.37. The Kier molecular flexibility index (Phi) is 8.68. The fourth-order valence-electron chi connectivity index (χ4n) is 2.68. The van der Waals surface area contributed by atoms with Gasteiger partial charge in [0.05, 0.1) is 0 Å². The number of aryl methyl sites for hydroxylation is 2. The summed E-state index contributed by atoms with van der Waals surface area (Å²) >= 11 is 0. The van der Waals surface area contributed by atoms with E-state index in [1.807, 2.05) is 36.4 Å². The number of fused-ring (bicyclic) bond motifs is 3. The molecule has 0 radical (unpaired) electrons. The molecule has 5 nitrogen and oxygen atoms in total. The molecule has 1 heterocycles. The molecular formula is C18H14Na2O5. The number of carboxylic acid groups (broad SMARTS) is 2. The molecule has 1 aromatic heterocycles. The van der Waals surface area contributed by atoms with E-state index < -0.39 is 11.9 Å². The van der Waals surface area contributed by atoms with E-state index in [0.29, 0.717) is 24.0 Å². The minimum Gasteiger partial charge on any atom is -0.550 e. The largest absolute Gasteiger partial charge is 1.00 e. The number of carbonyl (C=O) groups excluding carboxylic acids is 2. The van der Waals surface area contributed by atoms with E-state index in [0.717, 1.165) is 21.9 Å². The van der Waals surface area contributed by atoms with Crippen molar-refractivity contribution in [3.63, 3.8) is 0 Å². The third kappa shape index (κ3) is 5.58. The predicted molar refractivity (Wildman–Crippen MR) is 80.4 cm³/mol. The molecule has 118 valence electrons. The van der Waals surface area contributed by atoms with Crippen LogP contribution in [0.4, 0.5) is 0 Å². The van der Waals surface area contributed by atoms with Crippen molar-refractivity contribution in [2.45, 2.75) is 25.7 Å². The number of benzene rings is 2. The number of hydrogen-bond acceptors (Lipinski definition) is 5. The van der Waals surface area contributed by atoms with Gasteiger partial charge in [-0.3, -0.25) is 0 Å². The summed E-state index contributed by atoms with van der Waals surface area (Å²) in [5, 5.41) is 23.0. The Hall–Kier alpha value is -0.820. The molecule has 3 rings (SSSR count). The zero-order valence-electron chi connectivity index (χ0n) is 14.3. The maximum Gasteiger partial charge on any atom is 1.00 e. The number of carbonyl (C=O) groups is 2. The third-order valence-electron chi connectivity index (χ3n) is 3.83. The van der Waals surface area contributed by atoms with Crippen LogP contribution in [0.25, 0.3) is 21.9 Å². The second-order valence-electron chi connectivity index (χ2n) is 5.51. The molecular weight excluding hydrogens is 342 g/mol. The van der Waals surface area contributed by atoms with Crippen LogP contribution in [0.5, 0.6) is 0 Å². The van der Waals surface area contributed by atoms with E-state index in [-0.39, 0.29) is 72.0 Å². The summed E-state index contributed by atoms with van der Waals surface area (Å²) < 4.78 is 5.76. The second-order valence-corrected chi connectivity index (χ2v) is 5.51. The predicted octanol–water partition coefficient (Wildman–Crippen LogP) is -5.04. The number of rotatable bonds is 6. The Balaban J connectivity index is 0.00000156. The van der Waals surface area contributed by atoms with E-state index >= 15 is 0 Å². The van der Waals surface area contributed by atoms with Crippen LogP contribution in [0.2, 0.25) is 0 Å². The summed E-state index contributed by atoms with van der Waals surface area (Å²) in [4.78, 5) is 21.2. The minimum atomic E-state index is -1.08. The number of carboxylic acids is 2. The smallest absolute Gasteiger partial charge is 0.550 e. The van der Waals surface area contributed by atoms with E-state index in [2.05, 4.69) is 0 Å². The van der Waals surface area contributed by atoms with Gasteiger partial charge in [0.25, 0.3) is 0 Å². The van der Waals surface area contributed by atoms with Crippen molar-refractivity contribution in [3.05, 3.63) is 47.5 Å². The second kappa shape index (κ2) is 9.76. The average molecular weight is 356 g/mol. The van der Waals surface area contributed by atoms with Gasteiger partial charge in [-0.05, 0) is 61.1 Å². The van der Waals surface area contributed by atoms with Crippen LogP contribution in [-0.4, -0.2) is 11.9 Å². The molecule has 0 atom stereocenters. The van der Waals surface area contributed by atoms with Crippen molar-refractivity contribution in [1.29, 1.82) is 0 Å². The molecule has 0 spiro atoms. The summed E-state index contributed by atoms with van der Waals surface area (Å²) in [5.41, 5.74) is 3.22. The summed E-state index contributed by atoms with van der Waals surface area (Å²) in [6, 6.07) is 11.1. The molecule has 0 bridgehead atoms. The van der Waals surface area contributed by atoms with Crippen LogP contribution in [0.1, 0.15) is 24.0 Å². The van der Waals surface area contributed by atoms with Crippen molar-refractivity contribution in [2.75, 3.05) is 0 Å². The fraction of sp³-hybridized carbons (Fsp3) is 0.222. The van der Waals surface area contributed by atoms with Crippen molar-refractivity contribution in [2.24, 2.45) is 0 Å². The summed E-state index contributed by atoms with van der Waals surface area (Å²) in [6.07, 6.45) is 0.737.